The third-order valence-electron chi connectivity index (χ3n) is 3.56. The van der Waals surface area contributed by atoms with E-state index in [9.17, 15) is 14.9 Å². The lowest BCUT2D eigenvalue weighted by Gasteiger charge is -2.16. The first-order valence-corrected chi connectivity index (χ1v) is 7.41. The van der Waals surface area contributed by atoms with Gasteiger partial charge in [-0.05, 0) is 13.0 Å². The molecule has 1 heterocycles. The Bertz CT molecular complexity index is 998. The maximum atomic E-state index is 12.6. The molecule has 5 nitrogen and oxygen atoms in total. The van der Waals surface area contributed by atoms with E-state index in [1.807, 2.05) is 0 Å². The highest BCUT2D eigenvalue weighted by Gasteiger charge is 2.28. The maximum absolute atomic E-state index is 12.6. The van der Waals surface area contributed by atoms with Crippen molar-refractivity contribution in [1.29, 1.82) is 0 Å². The number of benzene rings is 2. The van der Waals surface area contributed by atoms with Crippen LogP contribution in [0.5, 0.6) is 0 Å². The first-order chi connectivity index (χ1) is 10.9. The van der Waals surface area contributed by atoms with E-state index in [0.717, 1.165) is 0 Å². The van der Waals surface area contributed by atoms with Crippen LogP contribution < -0.4 is 4.43 Å². The molecule has 0 amide bonds. The highest BCUT2D eigenvalue weighted by atomic mass is 35.5. The summed E-state index contributed by atoms with van der Waals surface area (Å²) in [6.45, 7) is 1.42. The minimum absolute atomic E-state index is 0.000239. The van der Waals surface area contributed by atoms with E-state index in [-0.39, 0.29) is 32.5 Å². The second-order valence-electron chi connectivity index (χ2n) is 4.97. The van der Waals surface area contributed by atoms with Gasteiger partial charge in [-0.1, -0.05) is 53.5 Å². The topological polar surface area (TPSA) is 68.0 Å². The fourth-order valence-electron chi connectivity index (χ4n) is 2.38. The summed E-state index contributed by atoms with van der Waals surface area (Å²) >= 11 is 11.8. The molecule has 2 aromatic carbocycles. The quantitative estimate of drug-likeness (QED) is 0.523. The van der Waals surface area contributed by atoms with Gasteiger partial charge in [0.1, 0.15) is 5.52 Å². The van der Waals surface area contributed by atoms with E-state index in [0.29, 0.717) is 14.7 Å². The van der Waals surface area contributed by atoms with Crippen LogP contribution in [0.2, 0.25) is 10.0 Å². The minimum Gasteiger partial charge on any atom is -0.805 e. The van der Waals surface area contributed by atoms with E-state index >= 15 is 0 Å². The minimum atomic E-state index is -0.532. The van der Waals surface area contributed by atoms with Crippen molar-refractivity contribution in [2.75, 3.05) is 0 Å². The van der Waals surface area contributed by atoms with Crippen LogP contribution in [0.1, 0.15) is 21.7 Å². The molecule has 0 saturated heterocycles. The molecule has 0 radical (unpaired) electrons. The van der Waals surface area contributed by atoms with E-state index in [1.165, 1.54) is 19.1 Å². The SMILES string of the molecule is Cc1c(C(=O)c2ccccc2)[n+](=O)c2cc(Cl)c(Cl)cc2n1[O-]. The Kier molecular flexibility index (Phi) is 3.83. The first-order valence-electron chi connectivity index (χ1n) is 6.66. The number of halogens is 2. The molecule has 7 heteroatoms. The van der Waals surface area contributed by atoms with Gasteiger partial charge in [0.15, 0.2) is 0 Å². The summed E-state index contributed by atoms with van der Waals surface area (Å²) in [5, 5.41) is 12.7. The number of ketones is 1. The van der Waals surface area contributed by atoms with Crippen molar-refractivity contribution >= 4 is 40.0 Å². The van der Waals surface area contributed by atoms with E-state index in [2.05, 4.69) is 0 Å². The van der Waals surface area contributed by atoms with E-state index in [1.54, 1.807) is 30.3 Å². The number of rotatable bonds is 2. The number of nitrogens with zero attached hydrogens (tertiary/aromatic N) is 2. The van der Waals surface area contributed by atoms with Crippen molar-refractivity contribution in [2.45, 2.75) is 6.92 Å². The largest absolute Gasteiger partial charge is 0.805 e. The highest BCUT2D eigenvalue weighted by molar-refractivity contribution is 6.42. The van der Waals surface area contributed by atoms with Crippen LogP contribution in [0.15, 0.2) is 42.5 Å². The molecule has 0 unspecified atom stereocenters. The molecule has 0 fully saturated rings. The molecule has 0 N–H and O–H groups in total. The number of carbonyl (C=O) groups excluding carboxylic acids is 1. The lowest BCUT2D eigenvalue weighted by atomic mass is 10.1. The summed E-state index contributed by atoms with van der Waals surface area (Å²) in [5.41, 5.74) is 0.118. The standard InChI is InChI=1S/C16H10Cl2N2O3/c1-9-15(16(21)10-5-3-2-4-6-10)20(23)14-8-12(18)11(17)7-13(14)19(9)22/h2-8H,1H3. The van der Waals surface area contributed by atoms with Crippen LogP contribution in [0.3, 0.4) is 0 Å². The third-order valence-corrected chi connectivity index (χ3v) is 4.28. The Labute approximate surface area is 140 Å². The molecule has 1 aromatic heterocycles. The van der Waals surface area contributed by atoms with Crippen LogP contribution in [0, 0.1) is 17.0 Å². The molecule has 0 spiro atoms. The molecular formula is C16H10Cl2N2O3. The smallest absolute Gasteiger partial charge is 0.329 e. The van der Waals surface area contributed by atoms with Crippen molar-refractivity contribution in [3.05, 3.63) is 79.6 Å². The van der Waals surface area contributed by atoms with Crippen molar-refractivity contribution in [3.63, 3.8) is 0 Å². The third kappa shape index (κ3) is 2.48. The van der Waals surface area contributed by atoms with Gasteiger partial charge in [-0.25, -0.2) is 0 Å². The zero-order chi connectivity index (χ0) is 16.7. The van der Waals surface area contributed by atoms with Gasteiger partial charge in [-0.3, -0.25) is 4.79 Å². The van der Waals surface area contributed by atoms with Gasteiger partial charge in [-0.15, -0.1) is 0 Å². The number of carbonyl (C=O) groups is 1. The van der Waals surface area contributed by atoms with E-state index in [4.69, 9.17) is 23.2 Å². The van der Waals surface area contributed by atoms with E-state index < -0.39 is 5.78 Å². The predicted octanol–water partition coefficient (Wildman–Crippen LogP) is 3.75. The predicted molar refractivity (Wildman–Crippen MR) is 88.7 cm³/mol. The van der Waals surface area contributed by atoms with Crippen LogP contribution in [0.25, 0.3) is 11.0 Å². The molecule has 0 atom stereocenters. The summed E-state index contributed by atoms with van der Waals surface area (Å²) in [5.74, 6) is -0.532. The monoisotopic (exact) mass is 348 g/mol. The lowest BCUT2D eigenvalue weighted by molar-refractivity contribution is -0.468. The number of fused-ring (bicyclic) bond motifs is 1. The Morgan fingerprint density at radius 1 is 1.13 bits per heavy atom. The molecule has 116 valence electrons. The molecule has 23 heavy (non-hydrogen) atoms. The lowest BCUT2D eigenvalue weighted by Crippen LogP contribution is -2.30. The molecule has 0 aliphatic heterocycles. The molecule has 3 rings (SSSR count). The Hall–Kier alpha value is -2.37. The average Bonchev–Trinajstić information content (AvgIpc) is 2.55. The molecule has 3 aromatic rings. The number of hydrogen-bond acceptors (Lipinski definition) is 3. The van der Waals surface area contributed by atoms with Gasteiger partial charge >= 0.3 is 5.69 Å². The van der Waals surface area contributed by atoms with Gasteiger partial charge in [0.25, 0.3) is 11.3 Å². The average molecular weight is 349 g/mol. The summed E-state index contributed by atoms with van der Waals surface area (Å²) in [6, 6.07) is 10.9. The summed E-state index contributed by atoms with van der Waals surface area (Å²) in [6.07, 6.45) is 0. The normalized spacial score (nSPS) is 10.9. The Balaban J connectivity index is 2.37. The van der Waals surface area contributed by atoms with Crippen molar-refractivity contribution < 1.29 is 9.22 Å². The van der Waals surface area contributed by atoms with Gasteiger partial charge < -0.3 is 9.94 Å². The zero-order valence-corrected chi connectivity index (χ0v) is 13.4. The van der Waals surface area contributed by atoms with Crippen molar-refractivity contribution in [1.82, 2.24) is 4.73 Å². The van der Waals surface area contributed by atoms with Gasteiger partial charge in [0.05, 0.1) is 20.2 Å². The molecule has 0 aliphatic rings. The fourth-order valence-corrected chi connectivity index (χ4v) is 2.69. The van der Waals surface area contributed by atoms with Crippen LogP contribution in [-0.2, 0) is 0 Å². The second kappa shape index (κ2) is 5.68. The Morgan fingerprint density at radius 3 is 2.39 bits per heavy atom. The van der Waals surface area contributed by atoms with Crippen molar-refractivity contribution in [3.8, 4) is 0 Å². The molecule has 0 bridgehead atoms. The highest BCUT2D eigenvalue weighted by Crippen LogP contribution is 2.27. The summed E-state index contributed by atoms with van der Waals surface area (Å²) in [4.78, 5) is 25.2. The number of aromatic nitrogens is 2. The van der Waals surface area contributed by atoms with Crippen LogP contribution in [0.4, 0.5) is 0 Å². The molecular weight excluding hydrogens is 339 g/mol. The van der Waals surface area contributed by atoms with Crippen LogP contribution in [-0.4, -0.2) is 10.5 Å². The first kappa shape index (κ1) is 15.5. The second-order valence-corrected chi connectivity index (χ2v) is 5.79. The summed E-state index contributed by atoms with van der Waals surface area (Å²) < 4.78 is 0.943. The summed E-state index contributed by atoms with van der Waals surface area (Å²) in [7, 11) is 0. The van der Waals surface area contributed by atoms with Crippen LogP contribution >= 0.6 is 23.2 Å². The fraction of sp³-hybridized carbons (Fsp3) is 0.0625. The Morgan fingerprint density at radius 2 is 1.74 bits per heavy atom. The number of hydrogen-bond donors (Lipinski definition) is 0. The van der Waals surface area contributed by atoms with Gasteiger partial charge in [0.2, 0.25) is 0 Å². The van der Waals surface area contributed by atoms with Crippen molar-refractivity contribution in [2.24, 2.45) is 0 Å². The zero-order valence-electron chi connectivity index (χ0n) is 11.9. The molecule has 0 aliphatic carbocycles. The van der Waals surface area contributed by atoms with Gasteiger partial charge in [0, 0.05) is 16.5 Å². The maximum Gasteiger partial charge on any atom is 0.329 e. The molecule has 0 saturated carbocycles. The van der Waals surface area contributed by atoms with Gasteiger partial charge in [-0.2, -0.15) is 0 Å².